The van der Waals surface area contributed by atoms with Gasteiger partial charge in [0, 0.05) is 31.6 Å². The normalized spacial score (nSPS) is 17.5. The molecular formula is C18H21N5O3. The zero-order valence-electron chi connectivity index (χ0n) is 14.7. The van der Waals surface area contributed by atoms with E-state index in [0.29, 0.717) is 31.6 Å². The van der Waals surface area contributed by atoms with E-state index in [-0.39, 0.29) is 17.9 Å². The summed E-state index contributed by atoms with van der Waals surface area (Å²) in [6.07, 6.45) is 3.42. The van der Waals surface area contributed by atoms with Crippen LogP contribution in [0.5, 0.6) is 5.75 Å². The number of rotatable bonds is 5. The maximum atomic E-state index is 12.5. The summed E-state index contributed by atoms with van der Waals surface area (Å²) in [6.45, 7) is 2.52. The van der Waals surface area contributed by atoms with Crippen LogP contribution in [0.4, 0.5) is 0 Å². The van der Waals surface area contributed by atoms with Gasteiger partial charge in [-0.05, 0) is 30.7 Å². The van der Waals surface area contributed by atoms with Crippen LogP contribution in [0.15, 0.2) is 30.5 Å². The average molecular weight is 355 g/mol. The molecule has 0 radical (unpaired) electrons. The van der Waals surface area contributed by atoms with Gasteiger partial charge in [-0.1, -0.05) is 5.21 Å². The van der Waals surface area contributed by atoms with E-state index in [2.05, 4.69) is 10.3 Å². The highest BCUT2D eigenvalue weighted by molar-refractivity contribution is 5.94. The summed E-state index contributed by atoms with van der Waals surface area (Å²) < 4.78 is 6.91. The van der Waals surface area contributed by atoms with Crippen molar-refractivity contribution >= 4 is 11.8 Å². The minimum Gasteiger partial charge on any atom is -0.497 e. The Morgan fingerprint density at radius 2 is 2.04 bits per heavy atom. The van der Waals surface area contributed by atoms with Crippen molar-refractivity contribution in [1.82, 2.24) is 24.8 Å². The monoisotopic (exact) mass is 355 g/mol. The van der Waals surface area contributed by atoms with Crippen LogP contribution in [0.1, 0.15) is 34.9 Å². The van der Waals surface area contributed by atoms with E-state index < -0.39 is 0 Å². The molecule has 1 aromatic heterocycles. The van der Waals surface area contributed by atoms with Crippen LogP contribution in [0.3, 0.4) is 0 Å². The van der Waals surface area contributed by atoms with Crippen molar-refractivity contribution in [2.45, 2.75) is 25.4 Å². The Morgan fingerprint density at radius 3 is 2.69 bits per heavy atom. The number of hydrogen-bond donors (Lipinski definition) is 0. The van der Waals surface area contributed by atoms with Crippen molar-refractivity contribution in [2.75, 3.05) is 26.7 Å². The fourth-order valence-electron chi connectivity index (χ4n) is 3.34. The number of methoxy groups -OCH3 is 1. The van der Waals surface area contributed by atoms with E-state index in [0.717, 1.165) is 24.4 Å². The molecule has 8 heteroatoms. The predicted octanol–water partition coefficient (Wildman–Crippen LogP) is 1.11. The third kappa shape index (κ3) is 3.14. The van der Waals surface area contributed by atoms with Crippen molar-refractivity contribution in [2.24, 2.45) is 0 Å². The van der Waals surface area contributed by atoms with Gasteiger partial charge in [0.2, 0.25) is 5.91 Å². The first-order valence-electron chi connectivity index (χ1n) is 8.76. The van der Waals surface area contributed by atoms with Gasteiger partial charge in [0.05, 0.1) is 25.9 Å². The molecule has 2 aliphatic heterocycles. The van der Waals surface area contributed by atoms with E-state index in [9.17, 15) is 9.59 Å². The Kier molecular flexibility index (Phi) is 4.32. The van der Waals surface area contributed by atoms with Gasteiger partial charge in [-0.3, -0.25) is 9.59 Å². The number of amides is 2. The molecule has 2 aliphatic rings. The molecule has 0 N–H and O–H groups in total. The Balaban J connectivity index is 1.33. The summed E-state index contributed by atoms with van der Waals surface area (Å²) >= 11 is 0. The zero-order chi connectivity index (χ0) is 18.1. The molecule has 26 heavy (non-hydrogen) atoms. The molecule has 8 nitrogen and oxygen atoms in total. The van der Waals surface area contributed by atoms with Crippen LogP contribution >= 0.6 is 0 Å². The largest absolute Gasteiger partial charge is 0.497 e. The zero-order valence-corrected chi connectivity index (χ0v) is 14.7. The number of hydrogen-bond acceptors (Lipinski definition) is 5. The molecule has 2 amide bonds. The second kappa shape index (κ2) is 6.78. The van der Waals surface area contributed by atoms with Gasteiger partial charge in [0.25, 0.3) is 5.91 Å². The molecule has 0 unspecified atom stereocenters. The number of ether oxygens (including phenoxy) is 1. The molecular weight excluding hydrogens is 334 g/mol. The van der Waals surface area contributed by atoms with E-state index in [1.165, 1.54) is 0 Å². The van der Waals surface area contributed by atoms with Crippen molar-refractivity contribution in [3.05, 3.63) is 41.7 Å². The highest BCUT2D eigenvalue weighted by Gasteiger charge is 2.33. The Bertz CT molecular complexity index is 810. The highest BCUT2D eigenvalue weighted by Crippen LogP contribution is 2.24. The summed E-state index contributed by atoms with van der Waals surface area (Å²) in [5.41, 5.74) is 1.44. The summed E-state index contributed by atoms with van der Waals surface area (Å²) in [5, 5.41) is 8.33. The standard InChI is InChI=1S/C18H21N5O3/c1-26-16-6-4-13(5-7-16)18(25)22-11-15(12-22)23-10-14(19-20-23)9-21-8-2-3-17(21)24/h4-7,10,15H,2-3,8-9,11-12H2,1H3. The van der Waals surface area contributed by atoms with Crippen LogP contribution in [-0.4, -0.2) is 63.4 Å². The van der Waals surface area contributed by atoms with Crippen LogP contribution in [0.25, 0.3) is 0 Å². The number of likely N-dealkylation sites (tertiary alicyclic amines) is 2. The third-order valence-electron chi connectivity index (χ3n) is 4.94. The molecule has 0 atom stereocenters. The molecule has 4 rings (SSSR count). The quantitative estimate of drug-likeness (QED) is 0.802. The summed E-state index contributed by atoms with van der Waals surface area (Å²) in [4.78, 5) is 27.8. The van der Waals surface area contributed by atoms with E-state index in [1.54, 1.807) is 41.0 Å². The fourth-order valence-corrected chi connectivity index (χ4v) is 3.34. The van der Waals surface area contributed by atoms with Gasteiger partial charge in [-0.2, -0.15) is 0 Å². The first-order valence-corrected chi connectivity index (χ1v) is 8.76. The van der Waals surface area contributed by atoms with Gasteiger partial charge in [0.1, 0.15) is 11.4 Å². The molecule has 2 aromatic rings. The number of aromatic nitrogens is 3. The van der Waals surface area contributed by atoms with Crippen molar-refractivity contribution in [1.29, 1.82) is 0 Å². The lowest BCUT2D eigenvalue weighted by atomic mass is 10.1. The SMILES string of the molecule is COc1ccc(C(=O)N2CC(n3cc(CN4CCCC4=O)nn3)C2)cc1. The lowest BCUT2D eigenvalue weighted by Crippen LogP contribution is -2.50. The van der Waals surface area contributed by atoms with Crippen molar-refractivity contribution < 1.29 is 14.3 Å². The fraction of sp³-hybridized carbons (Fsp3) is 0.444. The van der Waals surface area contributed by atoms with Gasteiger partial charge < -0.3 is 14.5 Å². The van der Waals surface area contributed by atoms with Crippen LogP contribution in [0.2, 0.25) is 0 Å². The number of benzene rings is 1. The first-order chi connectivity index (χ1) is 12.6. The maximum Gasteiger partial charge on any atom is 0.254 e. The molecule has 2 fully saturated rings. The van der Waals surface area contributed by atoms with Crippen LogP contribution in [-0.2, 0) is 11.3 Å². The molecule has 0 aliphatic carbocycles. The third-order valence-corrected chi connectivity index (χ3v) is 4.94. The number of nitrogens with zero attached hydrogens (tertiary/aromatic N) is 5. The van der Waals surface area contributed by atoms with Crippen molar-refractivity contribution in [3.63, 3.8) is 0 Å². The molecule has 1 aromatic carbocycles. The smallest absolute Gasteiger partial charge is 0.254 e. The number of carbonyl (C=O) groups is 2. The number of carbonyl (C=O) groups excluding carboxylic acids is 2. The molecule has 0 bridgehead atoms. The van der Waals surface area contributed by atoms with E-state index in [4.69, 9.17) is 4.74 Å². The topological polar surface area (TPSA) is 80.6 Å². The van der Waals surface area contributed by atoms with Gasteiger partial charge in [0.15, 0.2) is 0 Å². The summed E-state index contributed by atoms with van der Waals surface area (Å²) in [6, 6.07) is 7.25. The molecule has 0 saturated carbocycles. The minimum atomic E-state index is 0.00639. The van der Waals surface area contributed by atoms with Crippen LogP contribution < -0.4 is 4.74 Å². The molecule has 2 saturated heterocycles. The molecule has 3 heterocycles. The molecule has 136 valence electrons. The molecule has 0 spiro atoms. The average Bonchev–Trinajstić information content (AvgIpc) is 3.24. The Morgan fingerprint density at radius 1 is 1.27 bits per heavy atom. The van der Waals surface area contributed by atoms with Gasteiger partial charge in [-0.25, -0.2) is 4.68 Å². The Labute approximate surface area is 151 Å². The Hall–Kier alpha value is -2.90. The predicted molar refractivity (Wildman–Crippen MR) is 92.6 cm³/mol. The second-order valence-electron chi connectivity index (χ2n) is 6.70. The van der Waals surface area contributed by atoms with E-state index in [1.807, 2.05) is 11.1 Å². The van der Waals surface area contributed by atoms with Gasteiger partial charge in [-0.15, -0.1) is 5.10 Å². The van der Waals surface area contributed by atoms with Crippen LogP contribution in [0, 0.1) is 0 Å². The lowest BCUT2D eigenvalue weighted by Gasteiger charge is -2.38. The highest BCUT2D eigenvalue weighted by atomic mass is 16.5. The lowest BCUT2D eigenvalue weighted by molar-refractivity contribution is -0.128. The van der Waals surface area contributed by atoms with Gasteiger partial charge >= 0.3 is 0 Å². The summed E-state index contributed by atoms with van der Waals surface area (Å²) in [5.74, 6) is 0.918. The van der Waals surface area contributed by atoms with Crippen molar-refractivity contribution in [3.8, 4) is 5.75 Å². The van der Waals surface area contributed by atoms with E-state index >= 15 is 0 Å². The maximum absolute atomic E-state index is 12.5. The first kappa shape index (κ1) is 16.6. The summed E-state index contributed by atoms with van der Waals surface area (Å²) in [7, 11) is 1.60. The minimum absolute atomic E-state index is 0.00639. The second-order valence-corrected chi connectivity index (χ2v) is 6.70.